The summed E-state index contributed by atoms with van der Waals surface area (Å²) >= 11 is 0. The molecule has 0 aromatic heterocycles. The predicted molar refractivity (Wildman–Crippen MR) is 107 cm³/mol. The highest BCUT2D eigenvalue weighted by molar-refractivity contribution is 7.91. The van der Waals surface area contributed by atoms with Crippen molar-refractivity contribution in [3.63, 3.8) is 0 Å². The molecule has 0 aliphatic carbocycles. The third kappa shape index (κ3) is 4.18. The molecule has 1 aromatic carbocycles. The summed E-state index contributed by atoms with van der Waals surface area (Å²) in [6.07, 6.45) is 0.694. The molecule has 2 aliphatic heterocycles. The fourth-order valence-corrected chi connectivity index (χ4v) is 5.38. The first-order valence-electron chi connectivity index (χ1n) is 9.37. The third-order valence-electron chi connectivity index (χ3n) is 6.07. The van der Waals surface area contributed by atoms with Crippen molar-refractivity contribution in [2.75, 3.05) is 25.7 Å². The van der Waals surface area contributed by atoms with Crippen LogP contribution >= 0.6 is 0 Å². The second kappa shape index (κ2) is 7.06. The summed E-state index contributed by atoms with van der Waals surface area (Å²) in [4.78, 5) is 2.11. The summed E-state index contributed by atoms with van der Waals surface area (Å²) in [6, 6.07) is 6.04. The molecule has 2 saturated heterocycles. The summed E-state index contributed by atoms with van der Waals surface area (Å²) in [5.74, 6) is 1.25. The first-order valence-corrected chi connectivity index (χ1v) is 11.2. The van der Waals surface area contributed by atoms with E-state index in [0.717, 1.165) is 16.8 Å². The maximum atomic E-state index is 11.8. The van der Waals surface area contributed by atoms with Gasteiger partial charge in [-0.1, -0.05) is 12.1 Å². The number of nitrogens with zero attached hydrogens (tertiary/aromatic N) is 1. The summed E-state index contributed by atoms with van der Waals surface area (Å²) in [7, 11) is 0.224. The Balaban J connectivity index is 1.80. The highest BCUT2D eigenvalue weighted by atomic mass is 32.2. The lowest BCUT2D eigenvalue weighted by molar-refractivity contribution is 0.00578. The van der Waals surface area contributed by atoms with E-state index in [1.54, 1.807) is 7.11 Å². The lowest BCUT2D eigenvalue weighted by Crippen LogP contribution is -2.41. The van der Waals surface area contributed by atoms with Crippen molar-refractivity contribution in [3.05, 3.63) is 23.8 Å². The van der Waals surface area contributed by atoms with Crippen LogP contribution in [0.15, 0.2) is 18.2 Å². The first kappa shape index (κ1) is 20.6. The molecule has 8 heteroatoms. The molecule has 2 fully saturated rings. The number of benzene rings is 1. The number of sulfone groups is 1. The summed E-state index contributed by atoms with van der Waals surface area (Å²) in [5, 5.41) is 0. The lowest BCUT2D eigenvalue weighted by Gasteiger charge is -2.32. The number of rotatable bonds is 5. The molecule has 150 valence electrons. The van der Waals surface area contributed by atoms with E-state index in [9.17, 15) is 8.42 Å². The summed E-state index contributed by atoms with van der Waals surface area (Å²) in [5.41, 5.74) is 1.09. The average molecular weight is 395 g/mol. The second-order valence-electron chi connectivity index (χ2n) is 8.64. The molecule has 0 N–H and O–H groups in total. The molecule has 0 amide bonds. The van der Waals surface area contributed by atoms with E-state index in [0.29, 0.717) is 13.0 Å². The van der Waals surface area contributed by atoms with Gasteiger partial charge in [0, 0.05) is 18.0 Å². The van der Waals surface area contributed by atoms with Crippen LogP contribution in [-0.4, -0.2) is 63.3 Å². The second-order valence-corrected chi connectivity index (χ2v) is 10.9. The van der Waals surface area contributed by atoms with Crippen LogP contribution in [0.25, 0.3) is 0 Å². The molecular weight excluding hydrogens is 365 g/mol. The van der Waals surface area contributed by atoms with Gasteiger partial charge in [-0.05, 0) is 52.8 Å². The highest BCUT2D eigenvalue weighted by Gasteiger charge is 2.52. The first-order chi connectivity index (χ1) is 12.4. The Labute approximate surface area is 163 Å². The van der Waals surface area contributed by atoms with E-state index in [2.05, 4.69) is 4.90 Å². The largest absolute Gasteiger partial charge is 0.498 e. The van der Waals surface area contributed by atoms with Crippen LogP contribution in [0.4, 0.5) is 0 Å². The Morgan fingerprint density at radius 3 is 2.37 bits per heavy atom. The number of methoxy groups -OCH3 is 1. The van der Waals surface area contributed by atoms with Gasteiger partial charge >= 0.3 is 7.12 Å². The van der Waals surface area contributed by atoms with Gasteiger partial charge in [0.05, 0.1) is 29.8 Å². The van der Waals surface area contributed by atoms with Gasteiger partial charge in [0.15, 0.2) is 9.84 Å². The van der Waals surface area contributed by atoms with Gasteiger partial charge < -0.3 is 14.0 Å². The quantitative estimate of drug-likeness (QED) is 0.706. The zero-order chi connectivity index (χ0) is 20.0. The van der Waals surface area contributed by atoms with Gasteiger partial charge in [-0.3, -0.25) is 4.90 Å². The molecule has 0 bridgehead atoms. The maximum absolute atomic E-state index is 11.8. The molecule has 27 heavy (non-hydrogen) atoms. The van der Waals surface area contributed by atoms with E-state index >= 15 is 0 Å². The lowest BCUT2D eigenvalue weighted by atomic mass is 9.77. The third-order valence-corrected chi connectivity index (χ3v) is 7.82. The van der Waals surface area contributed by atoms with Crippen molar-refractivity contribution in [3.8, 4) is 5.75 Å². The highest BCUT2D eigenvalue weighted by Crippen LogP contribution is 2.37. The molecule has 1 aromatic rings. The Bertz CT molecular complexity index is 792. The van der Waals surface area contributed by atoms with Gasteiger partial charge in [-0.25, -0.2) is 8.42 Å². The van der Waals surface area contributed by atoms with E-state index in [-0.39, 0.29) is 17.5 Å². The van der Waals surface area contributed by atoms with Gasteiger partial charge in [0.1, 0.15) is 5.75 Å². The number of hydrogen-bond donors (Lipinski definition) is 0. The smallest absolute Gasteiger partial charge is 0.497 e. The standard InChI is InChI=1S/C19H30BNO5S/c1-18(2)19(3,4)26-20(25-18)16-11-14(7-8-17(16)24-6)12-21(5)15-9-10-27(22,23)13-15/h7-8,11,15H,9-10,12-13H2,1-6H3. The Kier molecular flexibility index (Phi) is 5.40. The molecule has 1 unspecified atom stereocenters. The number of ether oxygens (including phenoxy) is 1. The Hall–Kier alpha value is -1.09. The number of hydrogen-bond acceptors (Lipinski definition) is 6. The predicted octanol–water partition coefficient (Wildman–Crippen LogP) is 1.61. The minimum absolute atomic E-state index is 0.0670. The maximum Gasteiger partial charge on any atom is 0.498 e. The molecule has 2 aliphatic rings. The van der Waals surface area contributed by atoms with E-state index < -0.39 is 28.2 Å². The minimum atomic E-state index is -2.89. The van der Waals surface area contributed by atoms with Crippen molar-refractivity contribution in [1.82, 2.24) is 4.90 Å². The summed E-state index contributed by atoms with van der Waals surface area (Å²) < 4.78 is 41.4. The minimum Gasteiger partial charge on any atom is -0.497 e. The molecule has 0 radical (unpaired) electrons. The topological polar surface area (TPSA) is 65.1 Å². The average Bonchev–Trinajstić information content (AvgIpc) is 3.03. The van der Waals surface area contributed by atoms with E-state index in [4.69, 9.17) is 14.0 Å². The van der Waals surface area contributed by atoms with Crippen LogP contribution in [0.3, 0.4) is 0 Å². The molecule has 0 spiro atoms. The Morgan fingerprint density at radius 2 is 1.85 bits per heavy atom. The SMILES string of the molecule is COc1ccc(CN(C)C2CCS(=O)(=O)C2)cc1B1OC(C)(C)C(C)(C)O1. The van der Waals surface area contributed by atoms with Crippen LogP contribution in [0.2, 0.25) is 0 Å². The van der Waals surface area contributed by atoms with Gasteiger partial charge in [0.25, 0.3) is 0 Å². The molecular formula is C19H30BNO5S. The van der Waals surface area contributed by atoms with E-state index in [1.165, 1.54) is 0 Å². The van der Waals surface area contributed by atoms with E-state index in [1.807, 2.05) is 52.9 Å². The van der Waals surface area contributed by atoms with Crippen LogP contribution < -0.4 is 10.2 Å². The van der Waals surface area contributed by atoms with Crippen LogP contribution in [0.1, 0.15) is 39.7 Å². The Morgan fingerprint density at radius 1 is 1.22 bits per heavy atom. The zero-order valence-corrected chi connectivity index (χ0v) is 17.9. The van der Waals surface area contributed by atoms with Crippen molar-refractivity contribution in [2.24, 2.45) is 0 Å². The molecule has 1 atom stereocenters. The van der Waals surface area contributed by atoms with Gasteiger partial charge in [-0.15, -0.1) is 0 Å². The molecule has 6 nitrogen and oxygen atoms in total. The van der Waals surface area contributed by atoms with Crippen LogP contribution in [-0.2, 0) is 25.7 Å². The van der Waals surface area contributed by atoms with Crippen molar-refractivity contribution in [1.29, 1.82) is 0 Å². The van der Waals surface area contributed by atoms with Crippen molar-refractivity contribution in [2.45, 2.75) is 57.9 Å². The van der Waals surface area contributed by atoms with Crippen molar-refractivity contribution >= 4 is 22.4 Å². The molecule has 3 rings (SSSR count). The van der Waals surface area contributed by atoms with Crippen LogP contribution in [0, 0.1) is 0 Å². The van der Waals surface area contributed by atoms with Gasteiger partial charge in [0.2, 0.25) is 0 Å². The normalized spacial score (nSPS) is 25.9. The monoisotopic (exact) mass is 395 g/mol. The summed E-state index contributed by atoms with van der Waals surface area (Å²) in [6.45, 7) is 8.77. The zero-order valence-electron chi connectivity index (χ0n) is 17.1. The van der Waals surface area contributed by atoms with Crippen LogP contribution in [0.5, 0.6) is 5.75 Å². The fraction of sp³-hybridized carbons (Fsp3) is 0.684. The molecule has 2 heterocycles. The van der Waals surface area contributed by atoms with Crippen molar-refractivity contribution < 1.29 is 22.5 Å². The van der Waals surface area contributed by atoms with Gasteiger partial charge in [-0.2, -0.15) is 0 Å². The molecule has 0 saturated carbocycles. The fourth-order valence-electron chi connectivity index (χ4n) is 3.58.